The van der Waals surface area contributed by atoms with Crippen molar-refractivity contribution in [2.45, 2.75) is 0 Å². The van der Waals surface area contributed by atoms with Gasteiger partial charge in [0.05, 0.1) is 19.6 Å². The van der Waals surface area contributed by atoms with Crippen LogP contribution in [0, 0.1) is 13.7 Å². The summed E-state index contributed by atoms with van der Waals surface area (Å²) in [5.41, 5.74) is 2.34. The number of H-pyrrole nitrogens is 1. The van der Waals surface area contributed by atoms with Crippen molar-refractivity contribution in [2.24, 2.45) is 0 Å². The molecule has 1 N–H and O–H groups in total. The number of benzene rings is 1. The Bertz CT molecular complexity index is 816. The average Bonchev–Trinajstić information content (AvgIpc) is 2.77. The predicted octanol–water partition coefficient (Wildman–Crippen LogP) is 3.79. The van der Waals surface area contributed by atoms with Crippen molar-refractivity contribution in [3.05, 3.63) is 49.4 Å². The van der Waals surface area contributed by atoms with E-state index in [2.05, 4.69) is 37.5 Å². The van der Waals surface area contributed by atoms with E-state index in [1.165, 1.54) is 18.5 Å². The Labute approximate surface area is 131 Å². The molecule has 100 valence electrons. The maximum Gasteiger partial charge on any atom is 0.269 e. The van der Waals surface area contributed by atoms with Gasteiger partial charge in [-0.2, -0.15) is 0 Å². The molecule has 8 heteroatoms. The van der Waals surface area contributed by atoms with E-state index in [0.29, 0.717) is 10.8 Å². The molecule has 0 aliphatic carbocycles. The first-order valence-corrected chi connectivity index (χ1v) is 6.96. The van der Waals surface area contributed by atoms with Gasteiger partial charge in [-0.25, -0.2) is 9.97 Å². The third-order valence-electron chi connectivity index (χ3n) is 2.85. The number of nitro benzene ring substituents is 1. The monoisotopic (exact) mass is 400 g/mol. The summed E-state index contributed by atoms with van der Waals surface area (Å²) in [4.78, 5) is 21.5. The van der Waals surface area contributed by atoms with Gasteiger partial charge < -0.3 is 4.98 Å². The molecular formula is C12H6ClIN4O2. The number of aromatic amines is 1. The van der Waals surface area contributed by atoms with E-state index in [4.69, 9.17) is 11.6 Å². The highest BCUT2D eigenvalue weighted by Gasteiger charge is 2.15. The van der Waals surface area contributed by atoms with Crippen LogP contribution in [-0.2, 0) is 0 Å². The largest absolute Gasteiger partial charge is 0.338 e. The topological polar surface area (TPSA) is 84.7 Å². The van der Waals surface area contributed by atoms with Crippen molar-refractivity contribution in [3.63, 3.8) is 0 Å². The number of nitro groups is 1. The standard InChI is InChI=1S/C12H6ClIN4O2/c13-11-8-9(14)10(17-12(8)16-5-15-11)6-1-3-7(4-2-6)18(19)20/h1-5H,(H,15,16,17). The van der Waals surface area contributed by atoms with Crippen LogP contribution in [0.3, 0.4) is 0 Å². The second-order valence-corrected chi connectivity index (χ2v) is 5.44. The summed E-state index contributed by atoms with van der Waals surface area (Å²) in [6.07, 6.45) is 1.39. The Morgan fingerprint density at radius 3 is 2.55 bits per heavy atom. The Balaban J connectivity index is 2.17. The van der Waals surface area contributed by atoms with Crippen molar-refractivity contribution in [2.75, 3.05) is 0 Å². The molecule has 0 saturated heterocycles. The van der Waals surface area contributed by atoms with Crippen molar-refractivity contribution >= 4 is 50.9 Å². The van der Waals surface area contributed by atoms with Gasteiger partial charge in [0, 0.05) is 12.1 Å². The summed E-state index contributed by atoms with van der Waals surface area (Å²) in [5.74, 6) is 0. The predicted molar refractivity (Wildman–Crippen MR) is 83.7 cm³/mol. The Hall–Kier alpha value is -1.74. The lowest BCUT2D eigenvalue weighted by molar-refractivity contribution is -0.384. The molecule has 0 spiro atoms. The first-order valence-electron chi connectivity index (χ1n) is 5.50. The summed E-state index contributed by atoms with van der Waals surface area (Å²) in [6.45, 7) is 0. The van der Waals surface area contributed by atoms with E-state index in [9.17, 15) is 10.1 Å². The van der Waals surface area contributed by atoms with E-state index in [1.54, 1.807) is 12.1 Å². The average molecular weight is 401 g/mol. The zero-order valence-corrected chi connectivity index (χ0v) is 12.7. The van der Waals surface area contributed by atoms with Crippen LogP contribution in [-0.4, -0.2) is 19.9 Å². The van der Waals surface area contributed by atoms with Crippen LogP contribution in [0.1, 0.15) is 0 Å². The van der Waals surface area contributed by atoms with Crippen LogP contribution < -0.4 is 0 Å². The summed E-state index contributed by atoms with van der Waals surface area (Å²) in [6, 6.07) is 6.30. The maximum atomic E-state index is 10.7. The number of hydrogen-bond donors (Lipinski definition) is 1. The third kappa shape index (κ3) is 2.12. The third-order valence-corrected chi connectivity index (χ3v) is 4.22. The number of nitrogens with zero attached hydrogens (tertiary/aromatic N) is 3. The molecule has 0 unspecified atom stereocenters. The van der Waals surface area contributed by atoms with Crippen molar-refractivity contribution in [3.8, 4) is 11.3 Å². The van der Waals surface area contributed by atoms with E-state index >= 15 is 0 Å². The fourth-order valence-electron chi connectivity index (χ4n) is 1.90. The van der Waals surface area contributed by atoms with Gasteiger partial charge in [-0.3, -0.25) is 10.1 Å². The van der Waals surface area contributed by atoms with E-state index < -0.39 is 4.92 Å². The molecule has 3 aromatic rings. The highest BCUT2D eigenvalue weighted by molar-refractivity contribution is 14.1. The second kappa shape index (κ2) is 4.98. The fourth-order valence-corrected chi connectivity index (χ4v) is 3.24. The molecule has 20 heavy (non-hydrogen) atoms. The molecule has 0 atom stereocenters. The normalized spacial score (nSPS) is 10.9. The molecule has 0 aliphatic rings. The zero-order chi connectivity index (χ0) is 14.3. The molecule has 0 aliphatic heterocycles. The van der Waals surface area contributed by atoms with Crippen molar-refractivity contribution in [1.29, 1.82) is 0 Å². The molecule has 0 bridgehead atoms. The summed E-state index contributed by atoms with van der Waals surface area (Å²) < 4.78 is 0.886. The van der Waals surface area contributed by atoms with Gasteiger partial charge in [0.15, 0.2) is 0 Å². The number of non-ortho nitro benzene ring substituents is 1. The van der Waals surface area contributed by atoms with Crippen LogP contribution in [0.25, 0.3) is 22.3 Å². The number of halogens is 2. The minimum atomic E-state index is -0.428. The molecular weight excluding hydrogens is 395 g/mol. The van der Waals surface area contributed by atoms with Gasteiger partial charge in [-0.15, -0.1) is 0 Å². The lowest BCUT2D eigenvalue weighted by atomic mass is 10.1. The van der Waals surface area contributed by atoms with Gasteiger partial charge in [0.25, 0.3) is 5.69 Å². The van der Waals surface area contributed by atoms with Crippen LogP contribution in [0.15, 0.2) is 30.6 Å². The molecule has 0 amide bonds. The van der Waals surface area contributed by atoms with Crippen LogP contribution >= 0.6 is 34.2 Å². The van der Waals surface area contributed by atoms with E-state index in [1.807, 2.05) is 0 Å². The highest BCUT2D eigenvalue weighted by atomic mass is 127. The summed E-state index contributed by atoms with van der Waals surface area (Å²) in [7, 11) is 0. The molecule has 0 saturated carbocycles. The van der Waals surface area contributed by atoms with E-state index in [-0.39, 0.29) is 5.69 Å². The van der Waals surface area contributed by atoms with Crippen molar-refractivity contribution < 1.29 is 4.92 Å². The quantitative estimate of drug-likeness (QED) is 0.307. The number of nitrogens with one attached hydrogen (secondary N) is 1. The maximum absolute atomic E-state index is 10.7. The first kappa shape index (κ1) is 13.3. The number of fused-ring (bicyclic) bond motifs is 1. The van der Waals surface area contributed by atoms with Crippen molar-refractivity contribution in [1.82, 2.24) is 15.0 Å². The Morgan fingerprint density at radius 1 is 1.25 bits per heavy atom. The Morgan fingerprint density at radius 2 is 1.95 bits per heavy atom. The lowest BCUT2D eigenvalue weighted by Gasteiger charge is -1.99. The van der Waals surface area contributed by atoms with Gasteiger partial charge >= 0.3 is 0 Å². The van der Waals surface area contributed by atoms with Crippen LogP contribution in [0.2, 0.25) is 5.15 Å². The molecule has 0 fully saturated rings. The minimum Gasteiger partial charge on any atom is -0.338 e. The van der Waals surface area contributed by atoms with Gasteiger partial charge in [-0.05, 0) is 40.3 Å². The molecule has 6 nitrogen and oxygen atoms in total. The van der Waals surface area contributed by atoms with Gasteiger partial charge in [-0.1, -0.05) is 11.6 Å². The molecule has 0 radical (unpaired) electrons. The fraction of sp³-hybridized carbons (Fsp3) is 0. The van der Waals surface area contributed by atoms with Gasteiger partial charge in [0.1, 0.15) is 17.1 Å². The molecule has 2 aromatic heterocycles. The number of hydrogen-bond acceptors (Lipinski definition) is 4. The summed E-state index contributed by atoms with van der Waals surface area (Å²) in [5, 5.41) is 11.8. The molecule has 1 aromatic carbocycles. The molecule has 3 rings (SSSR count). The SMILES string of the molecule is O=[N+]([O-])c1ccc(-c2[nH]c3ncnc(Cl)c3c2I)cc1. The smallest absolute Gasteiger partial charge is 0.269 e. The second-order valence-electron chi connectivity index (χ2n) is 4.01. The Kier molecular flexibility index (Phi) is 3.30. The minimum absolute atomic E-state index is 0.0534. The number of rotatable bonds is 2. The number of aromatic nitrogens is 3. The van der Waals surface area contributed by atoms with Crippen LogP contribution in [0.4, 0.5) is 5.69 Å². The van der Waals surface area contributed by atoms with Crippen LogP contribution in [0.5, 0.6) is 0 Å². The van der Waals surface area contributed by atoms with Gasteiger partial charge in [0.2, 0.25) is 0 Å². The lowest BCUT2D eigenvalue weighted by Crippen LogP contribution is -1.87. The van der Waals surface area contributed by atoms with E-state index in [0.717, 1.165) is 20.2 Å². The first-order chi connectivity index (χ1) is 9.58. The molecule has 2 heterocycles. The highest BCUT2D eigenvalue weighted by Crippen LogP contribution is 2.34. The zero-order valence-electron chi connectivity index (χ0n) is 9.80. The summed E-state index contributed by atoms with van der Waals surface area (Å²) >= 11 is 8.22.